The summed E-state index contributed by atoms with van der Waals surface area (Å²) in [6.45, 7) is -0.335. The standard InChI is InChI=1S/C16H18FN3O5/c17-11-5-4-9(14(18)22)7-10(11)16(24)25-8-13(21)20-6-2-1-3-12(20)15(19)23/h4-5,7,12H,1-3,6,8H2,(H2,18,22)(H2,19,23). The molecule has 1 fully saturated rings. The molecule has 1 atom stereocenters. The molecule has 1 saturated heterocycles. The molecule has 0 bridgehead atoms. The van der Waals surface area contributed by atoms with Gasteiger partial charge < -0.3 is 21.1 Å². The van der Waals surface area contributed by atoms with Crippen molar-refractivity contribution in [3.8, 4) is 0 Å². The van der Waals surface area contributed by atoms with Gasteiger partial charge in [0.25, 0.3) is 5.91 Å². The molecule has 1 unspecified atom stereocenters. The predicted molar refractivity (Wildman–Crippen MR) is 83.7 cm³/mol. The SMILES string of the molecule is NC(=O)c1ccc(F)c(C(=O)OCC(=O)N2CCCCC2C(N)=O)c1. The maximum absolute atomic E-state index is 13.7. The van der Waals surface area contributed by atoms with Gasteiger partial charge in [-0.3, -0.25) is 14.4 Å². The molecule has 4 N–H and O–H groups in total. The zero-order chi connectivity index (χ0) is 18.6. The number of carbonyl (C=O) groups excluding carboxylic acids is 4. The average Bonchev–Trinajstić information content (AvgIpc) is 2.59. The van der Waals surface area contributed by atoms with Gasteiger partial charge in [-0.05, 0) is 37.5 Å². The van der Waals surface area contributed by atoms with Crippen LogP contribution in [0, 0.1) is 5.82 Å². The fourth-order valence-corrected chi connectivity index (χ4v) is 2.65. The molecule has 1 aromatic rings. The van der Waals surface area contributed by atoms with Crippen LogP contribution in [0.1, 0.15) is 40.0 Å². The number of amides is 3. The van der Waals surface area contributed by atoms with E-state index in [2.05, 4.69) is 0 Å². The first-order chi connectivity index (χ1) is 11.8. The molecule has 0 aliphatic carbocycles. The minimum Gasteiger partial charge on any atom is -0.452 e. The summed E-state index contributed by atoms with van der Waals surface area (Å²) in [5.74, 6) is -4.07. The lowest BCUT2D eigenvalue weighted by Crippen LogP contribution is -2.51. The van der Waals surface area contributed by atoms with Crippen LogP contribution in [0.15, 0.2) is 18.2 Å². The van der Waals surface area contributed by atoms with Crippen LogP contribution in [0.2, 0.25) is 0 Å². The van der Waals surface area contributed by atoms with Crippen LogP contribution in [0.25, 0.3) is 0 Å². The van der Waals surface area contributed by atoms with Gasteiger partial charge in [-0.25, -0.2) is 9.18 Å². The van der Waals surface area contributed by atoms with Gasteiger partial charge in [-0.1, -0.05) is 0 Å². The molecule has 3 amide bonds. The van der Waals surface area contributed by atoms with Crippen molar-refractivity contribution < 1.29 is 28.3 Å². The second-order valence-electron chi connectivity index (χ2n) is 5.64. The number of piperidine rings is 1. The Kier molecular flexibility index (Phi) is 5.68. The molecule has 2 rings (SSSR count). The lowest BCUT2D eigenvalue weighted by molar-refractivity contribution is -0.143. The highest BCUT2D eigenvalue weighted by Gasteiger charge is 2.31. The molecule has 8 nitrogen and oxygen atoms in total. The minimum absolute atomic E-state index is 0.0653. The maximum Gasteiger partial charge on any atom is 0.341 e. The van der Waals surface area contributed by atoms with Crippen molar-refractivity contribution in [2.75, 3.05) is 13.2 Å². The third kappa shape index (κ3) is 4.31. The third-order valence-corrected chi connectivity index (χ3v) is 3.95. The summed E-state index contributed by atoms with van der Waals surface area (Å²) >= 11 is 0. The molecule has 0 aromatic heterocycles. The van der Waals surface area contributed by atoms with Crippen molar-refractivity contribution >= 4 is 23.7 Å². The number of primary amides is 2. The molecule has 0 radical (unpaired) electrons. The van der Waals surface area contributed by atoms with Crippen molar-refractivity contribution in [3.63, 3.8) is 0 Å². The zero-order valence-corrected chi connectivity index (χ0v) is 13.4. The van der Waals surface area contributed by atoms with Gasteiger partial charge in [-0.15, -0.1) is 0 Å². The largest absolute Gasteiger partial charge is 0.452 e. The van der Waals surface area contributed by atoms with Crippen LogP contribution in [-0.2, 0) is 14.3 Å². The van der Waals surface area contributed by atoms with Gasteiger partial charge in [0.05, 0.1) is 5.56 Å². The highest BCUT2D eigenvalue weighted by molar-refractivity contribution is 5.98. The zero-order valence-electron chi connectivity index (χ0n) is 13.4. The monoisotopic (exact) mass is 351 g/mol. The van der Waals surface area contributed by atoms with Gasteiger partial charge in [0.1, 0.15) is 11.9 Å². The molecule has 0 saturated carbocycles. The van der Waals surface area contributed by atoms with Crippen LogP contribution < -0.4 is 11.5 Å². The van der Waals surface area contributed by atoms with Gasteiger partial charge >= 0.3 is 5.97 Å². The van der Waals surface area contributed by atoms with Gasteiger partial charge in [0.15, 0.2) is 6.61 Å². The van der Waals surface area contributed by atoms with E-state index >= 15 is 0 Å². The molecular weight excluding hydrogens is 333 g/mol. The van der Waals surface area contributed by atoms with Crippen molar-refractivity contribution in [2.24, 2.45) is 11.5 Å². The molecule has 25 heavy (non-hydrogen) atoms. The Morgan fingerprint density at radius 1 is 1.20 bits per heavy atom. The van der Waals surface area contributed by atoms with E-state index in [1.54, 1.807) is 0 Å². The summed E-state index contributed by atoms with van der Waals surface area (Å²) in [7, 11) is 0. The van der Waals surface area contributed by atoms with E-state index in [0.717, 1.165) is 24.6 Å². The van der Waals surface area contributed by atoms with E-state index in [1.165, 1.54) is 4.90 Å². The number of nitrogens with zero attached hydrogens (tertiary/aromatic N) is 1. The third-order valence-electron chi connectivity index (χ3n) is 3.95. The Morgan fingerprint density at radius 3 is 2.56 bits per heavy atom. The number of ether oxygens (including phenoxy) is 1. The number of benzene rings is 1. The number of halogens is 1. The smallest absolute Gasteiger partial charge is 0.341 e. The minimum atomic E-state index is -1.11. The quantitative estimate of drug-likeness (QED) is 0.718. The normalized spacial score (nSPS) is 17.0. The topological polar surface area (TPSA) is 133 Å². The number of hydrogen-bond donors (Lipinski definition) is 2. The van der Waals surface area contributed by atoms with Gasteiger partial charge in [0, 0.05) is 12.1 Å². The lowest BCUT2D eigenvalue weighted by Gasteiger charge is -2.33. The molecule has 1 heterocycles. The Morgan fingerprint density at radius 2 is 1.92 bits per heavy atom. The second kappa shape index (κ2) is 7.73. The van der Waals surface area contributed by atoms with E-state index in [-0.39, 0.29) is 5.56 Å². The van der Waals surface area contributed by atoms with E-state index in [9.17, 15) is 23.6 Å². The summed E-state index contributed by atoms with van der Waals surface area (Å²) < 4.78 is 18.5. The number of carbonyl (C=O) groups is 4. The van der Waals surface area contributed by atoms with Crippen LogP contribution in [-0.4, -0.2) is 47.8 Å². The lowest BCUT2D eigenvalue weighted by atomic mass is 10.0. The molecule has 1 aliphatic heterocycles. The Balaban J connectivity index is 2.04. The number of likely N-dealkylation sites (tertiary alicyclic amines) is 1. The van der Waals surface area contributed by atoms with Crippen molar-refractivity contribution in [1.82, 2.24) is 4.90 Å². The van der Waals surface area contributed by atoms with E-state index in [4.69, 9.17) is 16.2 Å². The summed E-state index contributed by atoms with van der Waals surface area (Å²) in [6.07, 6.45) is 1.92. The van der Waals surface area contributed by atoms with Crippen LogP contribution in [0.4, 0.5) is 4.39 Å². The maximum atomic E-state index is 13.7. The highest BCUT2D eigenvalue weighted by Crippen LogP contribution is 2.17. The Hall–Kier alpha value is -2.97. The second-order valence-corrected chi connectivity index (χ2v) is 5.64. The summed E-state index contributed by atoms with van der Waals surface area (Å²) in [5.41, 5.74) is 9.78. The van der Waals surface area contributed by atoms with Crippen LogP contribution in [0.5, 0.6) is 0 Å². The van der Waals surface area contributed by atoms with E-state index in [1.807, 2.05) is 0 Å². The summed E-state index contributed by atoms with van der Waals surface area (Å²) in [4.78, 5) is 47.9. The van der Waals surface area contributed by atoms with Crippen molar-refractivity contribution in [3.05, 3.63) is 35.1 Å². The number of rotatable bonds is 5. The predicted octanol–water partition coefficient (Wildman–Crippen LogP) is -0.0522. The fraction of sp³-hybridized carbons (Fsp3) is 0.375. The summed E-state index contributed by atoms with van der Waals surface area (Å²) in [5, 5.41) is 0. The summed E-state index contributed by atoms with van der Waals surface area (Å²) in [6, 6.07) is 2.25. The van der Waals surface area contributed by atoms with Crippen molar-refractivity contribution in [1.29, 1.82) is 0 Å². The first-order valence-electron chi connectivity index (χ1n) is 7.66. The number of esters is 1. The molecule has 1 aromatic carbocycles. The van der Waals surface area contributed by atoms with E-state index < -0.39 is 47.7 Å². The molecule has 0 spiro atoms. The van der Waals surface area contributed by atoms with Gasteiger partial charge in [0.2, 0.25) is 11.8 Å². The van der Waals surface area contributed by atoms with Crippen LogP contribution in [0.3, 0.4) is 0 Å². The van der Waals surface area contributed by atoms with Crippen molar-refractivity contribution in [2.45, 2.75) is 25.3 Å². The first-order valence-corrected chi connectivity index (χ1v) is 7.66. The Labute approximate surface area is 142 Å². The highest BCUT2D eigenvalue weighted by atomic mass is 19.1. The Bertz CT molecular complexity index is 722. The molecule has 134 valence electrons. The molecular formula is C16H18FN3O5. The average molecular weight is 351 g/mol. The molecule has 1 aliphatic rings. The van der Waals surface area contributed by atoms with Gasteiger partial charge in [-0.2, -0.15) is 0 Å². The number of nitrogens with two attached hydrogens (primary N) is 2. The first kappa shape index (κ1) is 18.4. The molecule has 9 heteroatoms. The van der Waals surface area contributed by atoms with E-state index in [0.29, 0.717) is 19.4 Å². The number of hydrogen-bond acceptors (Lipinski definition) is 5. The van der Waals surface area contributed by atoms with Crippen LogP contribution >= 0.6 is 0 Å². The fourth-order valence-electron chi connectivity index (χ4n) is 2.65.